The molecule has 2 aliphatic carbocycles. The third-order valence-electron chi connectivity index (χ3n) is 5.15. The van der Waals surface area contributed by atoms with Crippen LogP contribution in [0.4, 0.5) is 0 Å². The lowest BCUT2D eigenvalue weighted by molar-refractivity contribution is -0.156. The van der Waals surface area contributed by atoms with Gasteiger partial charge in [-0.2, -0.15) is 0 Å². The van der Waals surface area contributed by atoms with Crippen LogP contribution in [0.1, 0.15) is 51.9 Å². The van der Waals surface area contributed by atoms with Gasteiger partial charge in [-0.1, -0.05) is 19.8 Å². The molecule has 142 valence electrons. The topological polar surface area (TPSA) is 149 Å². The van der Waals surface area contributed by atoms with E-state index in [4.69, 9.17) is 20.4 Å². The van der Waals surface area contributed by atoms with Crippen LogP contribution >= 0.6 is 0 Å². The highest BCUT2D eigenvalue weighted by Gasteiger charge is 2.38. The van der Waals surface area contributed by atoms with Crippen molar-refractivity contribution in [1.29, 1.82) is 0 Å². The Bertz CT molecular complexity index is 493. The van der Waals surface area contributed by atoms with Crippen LogP contribution in [-0.2, 0) is 19.2 Å². The smallest absolute Gasteiger partial charge is 0.307 e. The Balaban J connectivity index is 0.000000251. The summed E-state index contributed by atoms with van der Waals surface area (Å²) in [7, 11) is 0. The lowest BCUT2D eigenvalue weighted by Gasteiger charge is -2.29. The molecule has 0 spiro atoms. The molecule has 0 aromatic rings. The molecule has 5 atom stereocenters. The van der Waals surface area contributed by atoms with E-state index in [1.807, 2.05) is 6.92 Å². The second-order valence-corrected chi connectivity index (χ2v) is 6.98. The van der Waals surface area contributed by atoms with Gasteiger partial charge < -0.3 is 20.4 Å². The Morgan fingerprint density at radius 2 is 0.960 bits per heavy atom. The van der Waals surface area contributed by atoms with Crippen molar-refractivity contribution in [2.45, 2.75) is 51.9 Å². The third kappa shape index (κ3) is 6.03. The minimum Gasteiger partial charge on any atom is -0.481 e. The van der Waals surface area contributed by atoms with Crippen molar-refractivity contribution < 1.29 is 39.6 Å². The van der Waals surface area contributed by atoms with Gasteiger partial charge in [-0.3, -0.25) is 19.2 Å². The SMILES string of the molecule is CC1CCC(C(=O)O)C(C(=O)O)C1.O=C(O)C1CCCCC1C(=O)O. The molecule has 0 aliphatic heterocycles. The second-order valence-electron chi connectivity index (χ2n) is 6.98. The van der Waals surface area contributed by atoms with E-state index in [0.29, 0.717) is 31.6 Å². The highest BCUT2D eigenvalue weighted by Crippen LogP contribution is 2.34. The zero-order valence-corrected chi connectivity index (χ0v) is 14.3. The summed E-state index contributed by atoms with van der Waals surface area (Å²) in [4.78, 5) is 42.7. The van der Waals surface area contributed by atoms with E-state index in [1.165, 1.54) is 0 Å². The molecule has 2 aliphatic rings. The quantitative estimate of drug-likeness (QED) is 0.597. The second kappa shape index (κ2) is 9.39. The number of carboxylic acid groups (broad SMARTS) is 4. The Morgan fingerprint density at radius 3 is 1.32 bits per heavy atom. The largest absolute Gasteiger partial charge is 0.481 e. The highest BCUT2D eigenvalue weighted by atomic mass is 16.4. The van der Waals surface area contributed by atoms with E-state index in [-0.39, 0.29) is 0 Å². The maximum atomic E-state index is 10.8. The molecule has 0 bridgehead atoms. The summed E-state index contributed by atoms with van der Waals surface area (Å²) in [6, 6.07) is 0. The van der Waals surface area contributed by atoms with Crippen molar-refractivity contribution in [1.82, 2.24) is 0 Å². The molecule has 8 nitrogen and oxygen atoms in total. The van der Waals surface area contributed by atoms with Gasteiger partial charge in [0.25, 0.3) is 0 Å². The van der Waals surface area contributed by atoms with Gasteiger partial charge in [-0.15, -0.1) is 0 Å². The van der Waals surface area contributed by atoms with Gasteiger partial charge in [-0.25, -0.2) is 0 Å². The molecule has 0 saturated heterocycles. The van der Waals surface area contributed by atoms with Crippen molar-refractivity contribution in [3.8, 4) is 0 Å². The van der Waals surface area contributed by atoms with Crippen molar-refractivity contribution >= 4 is 23.9 Å². The van der Waals surface area contributed by atoms with E-state index in [9.17, 15) is 19.2 Å². The number of carboxylic acids is 4. The van der Waals surface area contributed by atoms with Crippen LogP contribution in [0.25, 0.3) is 0 Å². The Labute approximate surface area is 145 Å². The average Bonchev–Trinajstić information content (AvgIpc) is 2.54. The minimum atomic E-state index is -0.973. The molecule has 2 fully saturated rings. The van der Waals surface area contributed by atoms with Gasteiger partial charge in [0, 0.05) is 0 Å². The summed E-state index contributed by atoms with van der Waals surface area (Å²) in [6.07, 6.45) is 4.49. The fraction of sp³-hybridized carbons (Fsp3) is 0.765. The molecule has 0 aromatic carbocycles. The lowest BCUT2D eigenvalue weighted by Crippen LogP contribution is -2.34. The van der Waals surface area contributed by atoms with E-state index >= 15 is 0 Å². The van der Waals surface area contributed by atoms with E-state index < -0.39 is 47.5 Å². The molecule has 5 unspecified atom stereocenters. The first kappa shape index (κ1) is 20.9. The van der Waals surface area contributed by atoms with Gasteiger partial charge in [0.15, 0.2) is 0 Å². The molecule has 2 rings (SSSR count). The summed E-state index contributed by atoms with van der Waals surface area (Å²) in [5, 5.41) is 35.0. The third-order valence-corrected chi connectivity index (χ3v) is 5.15. The van der Waals surface area contributed by atoms with Crippen LogP contribution in [0.3, 0.4) is 0 Å². The monoisotopic (exact) mass is 358 g/mol. The standard InChI is InChI=1S/C9H14O4.C8H12O4/c1-5-2-3-6(8(10)11)7(4-5)9(12)13;9-7(10)5-3-1-2-4-6(5)8(11)12/h5-7H,2-4H2,1H3,(H,10,11)(H,12,13);5-6H,1-4H2,(H,9,10)(H,11,12). The molecule has 0 aromatic heterocycles. The molecule has 0 radical (unpaired) electrons. The zero-order valence-electron chi connectivity index (χ0n) is 14.3. The normalized spacial score (nSPS) is 32.0. The highest BCUT2D eigenvalue weighted by molar-refractivity contribution is 5.80. The molecule has 4 N–H and O–H groups in total. The van der Waals surface area contributed by atoms with Gasteiger partial charge in [0.05, 0.1) is 23.7 Å². The predicted octanol–water partition coefficient (Wildman–Crippen LogP) is 2.17. The predicted molar refractivity (Wildman–Crippen MR) is 86.0 cm³/mol. The first-order valence-corrected chi connectivity index (χ1v) is 8.56. The molecule has 2 saturated carbocycles. The average molecular weight is 358 g/mol. The van der Waals surface area contributed by atoms with Crippen LogP contribution in [0.5, 0.6) is 0 Å². The van der Waals surface area contributed by atoms with Crippen LogP contribution in [0, 0.1) is 29.6 Å². The van der Waals surface area contributed by atoms with Crippen LogP contribution < -0.4 is 0 Å². The van der Waals surface area contributed by atoms with Gasteiger partial charge >= 0.3 is 23.9 Å². The van der Waals surface area contributed by atoms with E-state index in [0.717, 1.165) is 19.3 Å². The molecular formula is C17H26O8. The molecule has 8 heteroatoms. The van der Waals surface area contributed by atoms with Gasteiger partial charge in [0.1, 0.15) is 0 Å². The maximum Gasteiger partial charge on any atom is 0.307 e. The molecule has 0 heterocycles. The summed E-state index contributed by atoms with van der Waals surface area (Å²) in [5.41, 5.74) is 0. The Morgan fingerprint density at radius 1 is 0.600 bits per heavy atom. The maximum absolute atomic E-state index is 10.8. The number of hydrogen-bond donors (Lipinski definition) is 4. The fourth-order valence-electron chi connectivity index (χ4n) is 3.67. The Kier molecular flexibility index (Phi) is 7.86. The van der Waals surface area contributed by atoms with E-state index in [1.54, 1.807) is 0 Å². The first-order chi connectivity index (χ1) is 11.6. The fourth-order valence-corrected chi connectivity index (χ4v) is 3.67. The van der Waals surface area contributed by atoms with Gasteiger partial charge in [-0.05, 0) is 38.0 Å². The van der Waals surface area contributed by atoms with E-state index in [2.05, 4.69) is 0 Å². The summed E-state index contributed by atoms with van der Waals surface area (Å²) in [5.74, 6) is -6.28. The van der Waals surface area contributed by atoms with Crippen LogP contribution in [-0.4, -0.2) is 44.3 Å². The summed E-state index contributed by atoms with van der Waals surface area (Å²) in [6.45, 7) is 1.97. The summed E-state index contributed by atoms with van der Waals surface area (Å²) < 4.78 is 0. The van der Waals surface area contributed by atoms with Crippen molar-refractivity contribution in [2.75, 3.05) is 0 Å². The number of carbonyl (C=O) groups is 4. The number of hydrogen-bond acceptors (Lipinski definition) is 4. The Hall–Kier alpha value is -2.12. The summed E-state index contributed by atoms with van der Waals surface area (Å²) >= 11 is 0. The zero-order chi connectivity index (χ0) is 19.1. The van der Waals surface area contributed by atoms with Crippen LogP contribution in [0.15, 0.2) is 0 Å². The van der Waals surface area contributed by atoms with Crippen molar-refractivity contribution in [3.63, 3.8) is 0 Å². The molecule has 0 amide bonds. The number of aliphatic carboxylic acids is 4. The van der Waals surface area contributed by atoms with Crippen LogP contribution in [0.2, 0.25) is 0 Å². The molecular weight excluding hydrogens is 332 g/mol. The first-order valence-electron chi connectivity index (χ1n) is 8.56. The van der Waals surface area contributed by atoms with Crippen molar-refractivity contribution in [2.24, 2.45) is 29.6 Å². The molecule has 25 heavy (non-hydrogen) atoms. The number of rotatable bonds is 4. The van der Waals surface area contributed by atoms with Gasteiger partial charge in [0.2, 0.25) is 0 Å². The van der Waals surface area contributed by atoms with Crippen molar-refractivity contribution in [3.05, 3.63) is 0 Å². The minimum absolute atomic E-state index is 0.330. The lowest BCUT2D eigenvalue weighted by atomic mass is 9.75.